The van der Waals surface area contributed by atoms with Crippen LogP contribution in [0.2, 0.25) is 18.6 Å². The van der Waals surface area contributed by atoms with E-state index in [0.717, 1.165) is 28.6 Å². The molecule has 4 aliphatic rings. The molecule has 0 unspecified atom stereocenters. The van der Waals surface area contributed by atoms with Gasteiger partial charge >= 0.3 is 0 Å². The van der Waals surface area contributed by atoms with Gasteiger partial charge in [-0.1, -0.05) is 35.0 Å². The molecule has 11 heteroatoms. The Labute approximate surface area is 255 Å². The van der Waals surface area contributed by atoms with Gasteiger partial charge in [-0.3, -0.25) is 14.4 Å². The van der Waals surface area contributed by atoms with Gasteiger partial charge < -0.3 is 28.7 Å². The van der Waals surface area contributed by atoms with Gasteiger partial charge in [0, 0.05) is 46.7 Å². The van der Waals surface area contributed by atoms with Crippen LogP contribution in [0, 0.1) is 5.92 Å². The van der Waals surface area contributed by atoms with Crippen molar-refractivity contribution >= 4 is 53.4 Å². The smallest absolute Gasteiger partial charge is 0.264 e. The van der Waals surface area contributed by atoms with Crippen molar-refractivity contribution in [2.75, 3.05) is 29.5 Å². The van der Waals surface area contributed by atoms with Gasteiger partial charge in [-0.15, -0.1) is 0 Å². The van der Waals surface area contributed by atoms with Crippen LogP contribution in [0.5, 0.6) is 0 Å². The molecule has 5 atom stereocenters. The van der Waals surface area contributed by atoms with E-state index in [1.807, 2.05) is 49.4 Å². The highest BCUT2D eigenvalue weighted by atomic mass is 79.9. The lowest BCUT2D eigenvalue weighted by atomic mass is 9.82. The molecular formula is C31H37BrFN3O5Si. The van der Waals surface area contributed by atoms with Crippen LogP contribution in [-0.2, 0) is 31.3 Å². The normalized spacial score (nSPS) is 29.0. The van der Waals surface area contributed by atoms with Crippen molar-refractivity contribution in [3.8, 4) is 0 Å². The van der Waals surface area contributed by atoms with Crippen LogP contribution < -0.4 is 9.80 Å². The first-order valence-electron chi connectivity index (χ1n) is 14.7. The molecule has 42 heavy (non-hydrogen) atoms. The molecule has 2 aromatic rings. The first-order valence-corrected chi connectivity index (χ1v) is 18.5. The molecule has 0 bridgehead atoms. The number of fused-ring (bicyclic) bond motifs is 2. The number of ether oxygens (including phenoxy) is 1. The molecule has 4 aliphatic heterocycles. The molecule has 0 radical (unpaired) electrons. The largest absolute Gasteiger partial charge is 0.394 e. The van der Waals surface area contributed by atoms with E-state index in [4.69, 9.17) is 4.74 Å². The maximum absolute atomic E-state index is 16.1. The summed E-state index contributed by atoms with van der Waals surface area (Å²) in [6.45, 7) is 6.53. The van der Waals surface area contributed by atoms with Gasteiger partial charge in [0.2, 0.25) is 20.2 Å². The Hall–Kier alpha value is -2.60. The molecule has 3 saturated heterocycles. The van der Waals surface area contributed by atoms with Crippen LogP contribution in [0.1, 0.15) is 43.7 Å². The predicted octanol–water partition coefficient (Wildman–Crippen LogP) is 4.88. The monoisotopic (exact) mass is 657 g/mol. The number of benzene rings is 2. The summed E-state index contributed by atoms with van der Waals surface area (Å²) < 4.78 is 23.7. The Balaban J connectivity index is 1.35. The number of β-lactam (4-membered cyclic amide) rings is 1. The van der Waals surface area contributed by atoms with Gasteiger partial charge in [0.25, 0.3) is 5.91 Å². The summed E-state index contributed by atoms with van der Waals surface area (Å²) in [5.41, 5.74) is 1.02. The van der Waals surface area contributed by atoms with E-state index >= 15 is 4.11 Å². The van der Waals surface area contributed by atoms with Gasteiger partial charge in [-0.05, 0) is 61.8 Å². The molecule has 2 aromatic carbocycles. The third-order valence-electron chi connectivity index (χ3n) is 9.62. The number of likely N-dealkylation sites (tertiary alicyclic amines) is 1. The SMILES string of the molecule is C[C@@H]1[C@@H]([Si](C)(C)F)[C@H](CC(=O)N2CCC[C@H]2CO)O[C@@]12C(=O)N(Cc1cccc(N3CCC3=O)c1)c1ccc(Br)cc12. The fourth-order valence-corrected chi connectivity index (χ4v) is 10.5. The van der Waals surface area contributed by atoms with Crippen molar-refractivity contribution in [3.63, 3.8) is 0 Å². The topological polar surface area (TPSA) is 90.4 Å². The summed E-state index contributed by atoms with van der Waals surface area (Å²) in [5, 5.41) is 9.78. The van der Waals surface area contributed by atoms with Crippen molar-refractivity contribution in [2.45, 2.75) is 75.5 Å². The third kappa shape index (κ3) is 4.72. The highest BCUT2D eigenvalue weighted by molar-refractivity contribution is 9.10. The number of aliphatic hydroxyl groups is 1. The number of carbonyl (C=O) groups excluding carboxylic acids is 3. The molecule has 4 heterocycles. The van der Waals surface area contributed by atoms with Crippen LogP contribution in [0.25, 0.3) is 0 Å². The van der Waals surface area contributed by atoms with E-state index in [1.54, 1.807) is 27.8 Å². The highest BCUT2D eigenvalue weighted by Gasteiger charge is 2.67. The molecule has 3 fully saturated rings. The molecule has 1 N–H and O–H groups in total. The van der Waals surface area contributed by atoms with Gasteiger partial charge in [0.1, 0.15) is 0 Å². The van der Waals surface area contributed by atoms with Crippen molar-refractivity contribution in [2.24, 2.45) is 5.92 Å². The summed E-state index contributed by atoms with van der Waals surface area (Å²) in [6, 6.07) is 13.0. The molecule has 0 aliphatic carbocycles. The Bertz CT molecular complexity index is 1440. The summed E-state index contributed by atoms with van der Waals surface area (Å²) in [4.78, 5) is 45.2. The lowest BCUT2D eigenvalue weighted by Crippen LogP contribution is -2.45. The molecular weight excluding hydrogens is 621 g/mol. The van der Waals surface area contributed by atoms with Gasteiger partial charge in [-0.2, -0.15) is 0 Å². The fourth-order valence-electron chi connectivity index (χ4n) is 7.61. The quantitative estimate of drug-likeness (QED) is 0.260. The van der Waals surface area contributed by atoms with Gasteiger partial charge in [0.15, 0.2) is 5.60 Å². The second-order valence-corrected chi connectivity index (χ2v) is 17.3. The van der Waals surface area contributed by atoms with E-state index in [-0.39, 0.29) is 43.3 Å². The maximum atomic E-state index is 16.1. The number of aliphatic hydroxyl groups excluding tert-OH is 1. The molecule has 3 amide bonds. The minimum atomic E-state index is -3.43. The third-order valence-corrected chi connectivity index (χ3v) is 12.6. The molecule has 0 aromatic heterocycles. The van der Waals surface area contributed by atoms with Crippen LogP contribution in [-0.4, -0.2) is 68.0 Å². The Morgan fingerprint density at radius 2 is 1.98 bits per heavy atom. The zero-order valence-corrected chi connectivity index (χ0v) is 26.8. The first-order chi connectivity index (χ1) is 20.0. The zero-order chi connectivity index (χ0) is 30.0. The standard InChI is InChI=1S/C31H37BrFN3O5Si/c1-19-29(42(2,3)33)26(16-28(39)34-12-5-8-23(34)18-37)41-31(19)24-15-21(32)9-10-25(24)36(30(31)40)17-20-6-4-7-22(14-20)35-13-11-27(35)38/h4,6-7,9-10,14-15,19,23,26,29,37H,5,8,11-13,16-18H2,1-3H3/t19-,23+,26+,29-,31+/m1/s1. The maximum Gasteiger partial charge on any atom is 0.264 e. The van der Waals surface area contributed by atoms with E-state index in [9.17, 15) is 19.5 Å². The van der Waals surface area contributed by atoms with E-state index in [2.05, 4.69) is 15.9 Å². The zero-order valence-electron chi connectivity index (χ0n) is 24.2. The van der Waals surface area contributed by atoms with Crippen molar-refractivity contribution in [1.82, 2.24) is 4.90 Å². The van der Waals surface area contributed by atoms with E-state index in [1.165, 1.54) is 0 Å². The van der Waals surface area contributed by atoms with E-state index < -0.39 is 31.6 Å². The first kappa shape index (κ1) is 29.5. The minimum Gasteiger partial charge on any atom is -0.394 e. The van der Waals surface area contributed by atoms with Crippen LogP contribution in [0.4, 0.5) is 15.5 Å². The number of rotatable bonds is 7. The van der Waals surface area contributed by atoms with Gasteiger partial charge in [0.05, 0.1) is 37.4 Å². The summed E-state index contributed by atoms with van der Waals surface area (Å²) in [5.74, 6) is -0.861. The summed E-state index contributed by atoms with van der Waals surface area (Å²) in [6.07, 6.45) is 1.29. The Morgan fingerprint density at radius 1 is 1.19 bits per heavy atom. The number of amides is 3. The molecule has 6 rings (SSSR count). The summed E-state index contributed by atoms with van der Waals surface area (Å²) >= 11 is 3.56. The van der Waals surface area contributed by atoms with E-state index in [0.29, 0.717) is 30.8 Å². The average molecular weight is 659 g/mol. The summed E-state index contributed by atoms with van der Waals surface area (Å²) in [7, 11) is -3.43. The molecule has 0 saturated carbocycles. The number of nitrogens with zero attached hydrogens (tertiary/aromatic N) is 3. The number of carbonyl (C=O) groups is 3. The number of halogens is 2. The highest BCUT2D eigenvalue weighted by Crippen LogP contribution is 2.60. The Morgan fingerprint density at radius 3 is 2.64 bits per heavy atom. The number of hydrogen-bond acceptors (Lipinski definition) is 5. The lowest BCUT2D eigenvalue weighted by molar-refractivity contribution is -0.150. The Kier molecular flexibility index (Phi) is 7.60. The predicted molar refractivity (Wildman–Crippen MR) is 163 cm³/mol. The number of hydrogen-bond donors (Lipinski definition) is 1. The second kappa shape index (κ2) is 10.8. The molecule has 224 valence electrons. The van der Waals surface area contributed by atoms with Crippen molar-refractivity contribution in [1.29, 1.82) is 0 Å². The molecule has 1 spiro atoms. The van der Waals surface area contributed by atoms with Crippen LogP contribution >= 0.6 is 15.9 Å². The van der Waals surface area contributed by atoms with Crippen molar-refractivity contribution < 1.29 is 28.3 Å². The fraction of sp³-hybridized carbons (Fsp3) is 0.516. The second-order valence-electron chi connectivity index (χ2n) is 12.6. The average Bonchev–Trinajstić information content (AvgIpc) is 3.58. The van der Waals surface area contributed by atoms with Crippen LogP contribution in [0.15, 0.2) is 46.9 Å². The lowest BCUT2D eigenvalue weighted by Gasteiger charge is -2.32. The minimum absolute atomic E-state index is 0.0316. The van der Waals surface area contributed by atoms with Crippen LogP contribution in [0.3, 0.4) is 0 Å². The van der Waals surface area contributed by atoms with Gasteiger partial charge in [-0.25, -0.2) is 0 Å². The molecule has 8 nitrogen and oxygen atoms in total. The number of anilines is 2. The van der Waals surface area contributed by atoms with Crippen molar-refractivity contribution in [3.05, 3.63) is 58.1 Å².